The lowest BCUT2D eigenvalue weighted by Crippen LogP contribution is -2.34. The molecular weight excluding hydrogens is 284 g/mol. The van der Waals surface area contributed by atoms with Crippen LogP contribution in [0.5, 0.6) is 0 Å². The third kappa shape index (κ3) is 4.44. The summed E-state index contributed by atoms with van der Waals surface area (Å²) in [4.78, 5) is 17.8. The van der Waals surface area contributed by atoms with Gasteiger partial charge in [0.15, 0.2) is 0 Å². The monoisotopic (exact) mass is 300 g/mol. The number of pyridine rings is 1. The average molecular weight is 301 g/mol. The van der Waals surface area contributed by atoms with Gasteiger partial charge in [-0.25, -0.2) is 4.98 Å². The van der Waals surface area contributed by atoms with Crippen molar-refractivity contribution in [2.75, 3.05) is 19.7 Å². The fourth-order valence-corrected chi connectivity index (χ4v) is 1.70. The quantitative estimate of drug-likeness (QED) is 0.819. The molecule has 0 atom stereocenters. The lowest BCUT2D eigenvalue weighted by molar-refractivity contribution is 0.0719. The van der Waals surface area contributed by atoms with E-state index >= 15 is 0 Å². The summed E-state index contributed by atoms with van der Waals surface area (Å²) in [6, 6.07) is 3.47. The summed E-state index contributed by atoms with van der Waals surface area (Å²) in [5, 5.41) is 8.96. The normalized spacial score (nSPS) is 10.3. The van der Waals surface area contributed by atoms with Crippen LogP contribution >= 0.6 is 15.9 Å². The number of aliphatic hydroxyl groups is 1. The molecule has 1 N–H and O–H groups in total. The number of aliphatic hydroxyl groups excluding tert-OH is 1. The Labute approximate surface area is 110 Å². The molecule has 0 fully saturated rings. The second-order valence-electron chi connectivity index (χ2n) is 3.74. The predicted octanol–water partition coefficient (Wildman–Crippen LogP) is 2.08. The first-order valence-electron chi connectivity index (χ1n) is 5.70. The summed E-state index contributed by atoms with van der Waals surface area (Å²) in [6.07, 6.45) is 3.51. The number of amides is 1. The maximum Gasteiger partial charge on any atom is 0.255 e. The van der Waals surface area contributed by atoms with Crippen LogP contribution < -0.4 is 0 Å². The highest BCUT2D eigenvalue weighted by atomic mass is 79.9. The predicted molar refractivity (Wildman–Crippen MR) is 69.8 cm³/mol. The molecular formula is C12H17BrN2O2. The number of nitrogens with zero attached hydrogens (tertiary/aromatic N) is 2. The number of rotatable bonds is 6. The molecule has 0 saturated carbocycles. The molecule has 1 aromatic heterocycles. The highest BCUT2D eigenvalue weighted by Gasteiger charge is 2.14. The molecule has 0 aliphatic carbocycles. The zero-order chi connectivity index (χ0) is 12.7. The van der Waals surface area contributed by atoms with Crippen molar-refractivity contribution < 1.29 is 9.90 Å². The molecule has 5 heteroatoms. The van der Waals surface area contributed by atoms with Gasteiger partial charge in [-0.15, -0.1) is 0 Å². The highest BCUT2D eigenvalue weighted by molar-refractivity contribution is 9.10. The van der Waals surface area contributed by atoms with Crippen molar-refractivity contribution in [3.05, 3.63) is 28.5 Å². The van der Waals surface area contributed by atoms with Gasteiger partial charge in [0.1, 0.15) is 4.60 Å². The highest BCUT2D eigenvalue weighted by Crippen LogP contribution is 2.09. The molecule has 1 aromatic rings. The van der Waals surface area contributed by atoms with E-state index in [1.165, 1.54) is 0 Å². The average Bonchev–Trinajstić information content (AvgIpc) is 2.34. The van der Waals surface area contributed by atoms with Crippen LogP contribution in [0.15, 0.2) is 22.9 Å². The molecule has 0 aromatic carbocycles. The third-order valence-corrected chi connectivity index (χ3v) is 2.88. The van der Waals surface area contributed by atoms with Crippen molar-refractivity contribution in [1.82, 2.24) is 9.88 Å². The van der Waals surface area contributed by atoms with Gasteiger partial charge in [-0.3, -0.25) is 4.79 Å². The number of carbonyl (C=O) groups excluding carboxylic acids is 1. The molecule has 17 heavy (non-hydrogen) atoms. The SMILES string of the molecule is CCCCN(CCO)C(=O)c1ccc(Br)nc1. The van der Waals surface area contributed by atoms with E-state index in [-0.39, 0.29) is 12.5 Å². The fourth-order valence-electron chi connectivity index (χ4n) is 1.47. The molecule has 1 amide bonds. The van der Waals surface area contributed by atoms with Gasteiger partial charge in [0.25, 0.3) is 5.91 Å². The minimum Gasteiger partial charge on any atom is -0.395 e. The summed E-state index contributed by atoms with van der Waals surface area (Å²) in [5.41, 5.74) is 0.553. The van der Waals surface area contributed by atoms with Gasteiger partial charge < -0.3 is 10.0 Å². The zero-order valence-corrected chi connectivity index (χ0v) is 11.5. The van der Waals surface area contributed by atoms with Crippen LogP contribution in [0.1, 0.15) is 30.1 Å². The lowest BCUT2D eigenvalue weighted by Gasteiger charge is -2.21. The molecule has 0 aliphatic heterocycles. The maximum absolute atomic E-state index is 12.1. The van der Waals surface area contributed by atoms with Crippen LogP contribution in [0.4, 0.5) is 0 Å². The third-order valence-electron chi connectivity index (χ3n) is 2.41. The second kappa shape index (κ2) is 7.40. The van der Waals surface area contributed by atoms with Crippen molar-refractivity contribution in [2.24, 2.45) is 0 Å². The van der Waals surface area contributed by atoms with E-state index in [4.69, 9.17) is 5.11 Å². The van der Waals surface area contributed by atoms with Gasteiger partial charge in [0, 0.05) is 19.3 Å². The topological polar surface area (TPSA) is 53.4 Å². The van der Waals surface area contributed by atoms with Gasteiger partial charge in [-0.2, -0.15) is 0 Å². The first-order valence-corrected chi connectivity index (χ1v) is 6.50. The fraction of sp³-hybridized carbons (Fsp3) is 0.500. The number of unbranched alkanes of at least 4 members (excludes halogenated alkanes) is 1. The Kier molecular flexibility index (Phi) is 6.15. The van der Waals surface area contributed by atoms with E-state index in [0.29, 0.717) is 23.3 Å². The molecule has 1 rings (SSSR count). The number of aromatic nitrogens is 1. The molecule has 0 radical (unpaired) electrons. The number of carbonyl (C=O) groups is 1. The van der Waals surface area contributed by atoms with E-state index in [2.05, 4.69) is 27.8 Å². The number of hydrogen-bond donors (Lipinski definition) is 1. The van der Waals surface area contributed by atoms with Crippen molar-refractivity contribution in [3.63, 3.8) is 0 Å². The first-order chi connectivity index (χ1) is 8.19. The van der Waals surface area contributed by atoms with Crippen molar-refractivity contribution in [1.29, 1.82) is 0 Å². The van der Waals surface area contributed by atoms with E-state index < -0.39 is 0 Å². The number of halogens is 1. The number of hydrogen-bond acceptors (Lipinski definition) is 3. The van der Waals surface area contributed by atoms with Gasteiger partial charge in [-0.05, 0) is 34.5 Å². The minimum atomic E-state index is -0.0764. The van der Waals surface area contributed by atoms with Gasteiger partial charge in [-0.1, -0.05) is 13.3 Å². The van der Waals surface area contributed by atoms with E-state index in [1.54, 1.807) is 23.2 Å². The van der Waals surface area contributed by atoms with E-state index in [0.717, 1.165) is 12.8 Å². The Morgan fingerprint density at radius 1 is 1.47 bits per heavy atom. The summed E-state index contributed by atoms with van der Waals surface area (Å²) in [6.45, 7) is 3.10. The molecule has 0 unspecified atom stereocenters. The minimum absolute atomic E-state index is 0.0145. The van der Waals surface area contributed by atoms with Crippen LogP contribution in [0, 0.1) is 0 Å². The van der Waals surface area contributed by atoms with E-state index in [1.807, 2.05) is 0 Å². The summed E-state index contributed by atoms with van der Waals surface area (Å²) in [5.74, 6) is -0.0764. The summed E-state index contributed by atoms with van der Waals surface area (Å²) in [7, 11) is 0. The van der Waals surface area contributed by atoms with Gasteiger partial charge in [0.2, 0.25) is 0 Å². The largest absolute Gasteiger partial charge is 0.395 e. The van der Waals surface area contributed by atoms with E-state index in [9.17, 15) is 4.79 Å². The second-order valence-corrected chi connectivity index (χ2v) is 4.55. The molecule has 4 nitrogen and oxygen atoms in total. The molecule has 1 heterocycles. The van der Waals surface area contributed by atoms with Crippen LogP contribution in [-0.2, 0) is 0 Å². The summed E-state index contributed by atoms with van der Waals surface area (Å²) < 4.78 is 0.705. The Morgan fingerprint density at radius 3 is 2.76 bits per heavy atom. The van der Waals surface area contributed by atoms with Crippen molar-refractivity contribution in [3.8, 4) is 0 Å². The molecule has 0 bridgehead atoms. The molecule has 0 spiro atoms. The van der Waals surface area contributed by atoms with Gasteiger partial charge >= 0.3 is 0 Å². The van der Waals surface area contributed by atoms with Crippen LogP contribution in [0.25, 0.3) is 0 Å². The lowest BCUT2D eigenvalue weighted by atomic mass is 10.2. The van der Waals surface area contributed by atoms with Crippen molar-refractivity contribution >= 4 is 21.8 Å². The zero-order valence-electron chi connectivity index (χ0n) is 9.90. The maximum atomic E-state index is 12.1. The molecule has 0 saturated heterocycles. The molecule has 0 aliphatic rings. The Morgan fingerprint density at radius 2 is 2.24 bits per heavy atom. The van der Waals surface area contributed by atoms with Crippen LogP contribution in [0.2, 0.25) is 0 Å². The summed E-state index contributed by atoms with van der Waals surface area (Å²) >= 11 is 3.23. The first kappa shape index (κ1) is 14.1. The van der Waals surface area contributed by atoms with Gasteiger partial charge in [0.05, 0.1) is 12.2 Å². The Balaban J connectivity index is 2.72. The smallest absolute Gasteiger partial charge is 0.255 e. The van der Waals surface area contributed by atoms with Crippen LogP contribution in [0.3, 0.4) is 0 Å². The standard InChI is InChI=1S/C12H17BrN2O2/c1-2-3-6-15(7-8-16)12(17)10-4-5-11(13)14-9-10/h4-5,9,16H,2-3,6-8H2,1H3. The Hall–Kier alpha value is -0.940. The van der Waals surface area contributed by atoms with Crippen molar-refractivity contribution in [2.45, 2.75) is 19.8 Å². The Bertz CT molecular complexity index is 354. The molecule has 94 valence electrons. The van der Waals surface area contributed by atoms with Crippen LogP contribution in [-0.4, -0.2) is 40.6 Å².